The van der Waals surface area contributed by atoms with E-state index in [1.165, 1.54) is 12.8 Å². The third-order valence-corrected chi connectivity index (χ3v) is 2.61. The van der Waals surface area contributed by atoms with Gasteiger partial charge >= 0.3 is 0 Å². The SMILES string of the molecule is CC.CC1(C)CCN(CCF)CC1. The van der Waals surface area contributed by atoms with Gasteiger partial charge in [0.25, 0.3) is 0 Å². The van der Waals surface area contributed by atoms with Gasteiger partial charge in [-0.25, -0.2) is 4.39 Å². The summed E-state index contributed by atoms with van der Waals surface area (Å²) in [7, 11) is 0. The largest absolute Gasteiger partial charge is 0.301 e. The highest BCUT2D eigenvalue weighted by atomic mass is 19.1. The predicted octanol–water partition coefficient (Wildman–Crippen LogP) is 3.10. The molecule has 0 unspecified atom stereocenters. The second kappa shape index (κ2) is 6.36. The van der Waals surface area contributed by atoms with Gasteiger partial charge in [-0.2, -0.15) is 0 Å². The summed E-state index contributed by atoms with van der Waals surface area (Å²) in [4.78, 5) is 2.21. The molecule has 13 heavy (non-hydrogen) atoms. The Balaban J connectivity index is 0.000000671. The summed E-state index contributed by atoms with van der Waals surface area (Å²) < 4.78 is 11.9. The van der Waals surface area contributed by atoms with E-state index in [0.717, 1.165) is 13.1 Å². The minimum Gasteiger partial charge on any atom is -0.301 e. The summed E-state index contributed by atoms with van der Waals surface area (Å²) in [5.41, 5.74) is 0.493. The molecular weight excluding hydrogens is 165 g/mol. The van der Waals surface area contributed by atoms with Crippen LogP contribution in [0.25, 0.3) is 0 Å². The van der Waals surface area contributed by atoms with Crippen molar-refractivity contribution in [2.24, 2.45) is 5.41 Å². The zero-order chi connectivity index (χ0) is 10.3. The average molecular weight is 189 g/mol. The molecule has 1 rings (SSSR count). The van der Waals surface area contributed by atoms with Crippen molar-refractivity contribution in [1.29, 1.82) is 0 Å². The number of halogens is 1. The zero-order valence-electron chi connectivity index (χ0n) is 9.57. The van der Waals surface area contributed by atoms with E-state index in [-0.39, 0.29) is 6.67 Å². The van der Waals surface area contributed by atoms with E-state index in [1.807, 2.05) is 13.8 Å². The zero-order valence-corrected chi connectivity index (χ0v) is 9.57. The second-order valence-corrected chi connectivity index (χ2v) is 4.19. The number of piperidine rings is 1. The van der Waals surface area contributed by atoms with E-state index in [1.54, 1.807) is 0 Å². The van der Waals surface area contributed by atoms with Crippen molar-refractivity contribution in [1.82, 2.24) is 4.90 Å². The topological polar surface area (TPSA) is 3.24 Å². The molecule has 80 valence electrons. The van der Waals surface area contributed by atoms with Gasteiger partial charge in [0.05, 0.1) is 0 Å². The highest BCUT2D eigenvalue weighted by Gasteiger charge is 2.24. The van der Waals surface area contributed by atoms with Crippen LogP contribution in [0.2, 0.25) is 0 Å². The van der Waals surface area contributed by atoms with Crippen LogP contribution in [0.4, 0.5) is 4.39 Å². The number of nitrogens with zero attached hydrogens (tertiary/aromatic N) is 1. The van der Waals surface area contributed by atoms with Gasteiger partial charge < -0.3 is 4.90 Å². The van der Waals surface area contributed by atoms with Crippen molar-refractivity contribution in [3.8, 4) is 0 Å². The van der Waals surface area contributed by atoms with Gasteiger partial charge in [-0.1, -0.05) is 27.7 Å². The van der Waals surface area contributed by atoms with Crippen LogP contribution in [0, 0.1) is 5.41 Å². The van der Waals surface area contributed by atoms with E-state index in [9.17, 15) is 4.39 Å². The molecule has 1 fully saturated rings. The lowest BCUT2D eigenvalue weighted by Crippen LogP contribution is -2.38. The molecule has 0 aromatic heterocycles. The fraction of sp³-hybridized carbons (Fsp3) is 1.00. The number of hydrogen-bond donors (Lipinski definition) is 0. The summed E-state index contributed by atoms with van der Waals surface area (Å²) in [6, 6.07) is 0. The van der Waals surface area contributed by atoms with Crippen LogP contribution in [-0.2, 0) is 0 Å². The first-order chi connectivity index (χ1) is 6.14. The van der Waals surface area contributed by atoms with Crippen molar-refractivity contribution in [3.05, 3.63) is 0 Å². The van der Waals surface area contributed by atoms with Crippen LogP contribution in [-0.4, -0.2) is 31.2 Å². The summed E-state index contributed by atoms with van der Waals surface area (Å²) in [6.45, 7) is 11.2. The molecule has 0 aromatic carbocycles. The lowest BCUT2D eigenvalue weighted by molar-refractivity contribution is 0.126. The first kappa shape index (κ1) is 12.9. The third-order valence-electron chi connectivity index (χ3n) is 2.61. The van der Waals surface area contributed by atoms with Crippen LogP contribution in [0.3, 0.4) is 0 Å². The van der Waals surface area contributed by atoms with Crippen molar-refractivity contribution in [3.63, 3.8) is 0 Å². The number of rotatable bonds is 2. The highest BCUT2D eigenvalue weighted by Crippen LogP contribution is 2.29. The van der Waals surface area contributed by atoms with Crippen molar-refractivity contribution in [2.75, 3.05) is 26.3 Å². The normalized spacial score (nSPS) is 21.9. The van der Waals surface area contributed by atoms with E-state index in [2.05, 4.69) is 18.7 Å². The van der Waals surface area contributed by atoms with Gasteiger partial charge in [0, 0.05) is 6.54 Å². The van der Waals surface area contributed by atoms with E-state index in [0.29, 0.717) is 12.0 Å². The van der Waals surface area contributed by atoms with Crippen LogP contribution >= 0.6 is 0 Å². The molecule has 0 aromatic rings. The maximum atomic E-state index is 11.9. The van der Waals surface area contributed by atoms with Gasteiger partial charge in [0.15, 0.2) is 0 Å². The molecule has 2 heteroatoms. The Bertz CT molecular complexity index is 113. The molecule has 1 saturated heterocycles. The monoisotopic (exact) mass is 189 g/mol. The molecule has 0 atom stereocenters. The molecule has 0 radical (unpaired) electrons. The Hall–Kier alpha value is -0.110. The van der Waals surface area contributed by atoms with Crippen LogP contribution < -0.4 is 0 Å². The fourth-order valence-corrected chi connectivity index (χ4v) is 1.50. The van der Waals surface area contributed by atoms with E-state index < -0.39 is 0 Å². The Morgan fingerprint density at radius 1 is 1.15 bits per heavy atom. The lowest BCUT2D eigenvalue weighted by atomic mass is 9.83. The fourth-order valence-electron chi connectivity index (χ4n) is 1.50. The number of hydrogen-bond acceptors (Lipinski definition) is 1. The molecule has 0 saturated carbocycles. The van der Waals surface area contributed by atoms with Gasteiger partial charge in [0.1, 0.15) is 6.67 Å². The summed E-state index contributed by atoms with van der Waals surface area (Å²) >= 11 is 0. The van der Waals surface area contributed by atoms with E-state index >= 15 is 0 Å². The molecule has 1 heterocycles. The van der Waals surface area contributed by atoms with E-state index in [4.69, 9.17) is 0 Å². The maximum Gasteiger partial charge on any atom is 0.102 e. The number of likely N-dealkylation sites (tertiary alicyclic amines) is 1. The first-order valence-electron chi connectivity index (χ1n) is 5.42. The van der Waals surface area contributed by atoms with Crippen molar-refractivity contribution in [2.45, 2.75) is 40.5 Å². The molecule has 0 amide bonds. The second-order valence-electron chi connectivity index (χ2n) is 4.19. The molecule has 1 aliphatic rings. The van der Waals surface area contributed by atoms with Crippen molar-refractivity contribution >= 4 is 0 Å². The molecule has 1 aliphatic heterocycles. The Morgan fingerprint density at radius 2 is 1.62 bits per heavy atom. The molecule has 0 spiro atoms. The minimum absolute atomic E-state index is 0.194. The van der Waals surface area contributed by atoms with Gasteiger partial charge in [-0.3, -0.25) is 0 Å². The maximum absolute atomic E-state index is 11.9. The Kier molecular flexibility index (Phi) is 6.31. The standard InChI is InChI=1S/C9H18FN.C2H6/c1-9(2)3-6-11(7-4-9)8-5-10;1-2/h3-8H2,1-2H3;1-2H3. The quantitative estimate of drug-likeness (QED) is 0.645. The third kappa shape index (κ3) is 5.25. The number of alkyl halides is 1. The highest BCUT2D eigenvalue weighted by molar-refractivity contribution is 4.78. The lowest BCUT2D eigenvalue weighted by Gasteiger charge is -2.36. The Labute approximate surface area is 82.3 Å². The molecule has 0 aliphatic carbocycles. The van der Waals surface area contributed by atoms with Gasteiger partial charge in [-0.05, 0) is 31.3 Å². The van der Waals surface area contributed by atoms with Crippen LogP contribution in [0.1, 0.15) is 40.5 Å². The van der Waals surface area contributed by atoms with Crippen molar-refractivity contribution < 1.29 is 4.39 Å². The average Bonchev–Trinajstić information content (AvgIpc) is 2.13. The minimum atomic E-state index is -0.194. The predicted molar refractivity (Wildman–Crippen MR) is 56.8 cm³/mol. The molecule has 1 nitrogen and oxygen atoms in total. The summed E-state index contributed by atoms with van der Waals surface area (Å²) in [5, 5.41) is 0. The van der Waals surface area contributed by atoms with Crippen LogP contribution in [0.15, 0.2) is 0 Å². The first-order valence-corrected chi connectivity index (χ1v) is 5.42. The Morgan fingerprint density at radius 3 is 2.00 bits per heavy atom. The van der Waals surface area contributed by atoms with Gasteiger partial charge in [0.2, 0.25) is 0 Å². The summed E-state index contributed by atoms with van der Waals surface area (Å²) in [6.07, 6.45) is 2.43. The molecule has 0 bridgehead atoms. The molecule has 0 N–H and O–H groups in total. The smallest absolute Gasteiger partial charge is 0.102 e. The van der Waals surface area contributed by atoms with Crippen LogP contribution in [0.5, 0.6) is 0 Å². The van der Waals surface area contributed by atoms with Gasteiger partial charge in [-0.15, -0.1) is 0 Å². The summed E-state index contributed by atoms with van der Waals surface area (Å²) in [5.74, 6) is 0. The molecular formula is C11H24FN.